The highest BCUT2D eigenvalue weighted by Crippen LogP contribution is 2.21. The summed E-state index contributed by atoms with van der Waals surface area (Å²) in [5.74, 6) is 0.291. The third kappa shape index (κ3) is 3.21. The van der Waals surface area contributed by atoms with Crippen molar-refractivity contribution < 1.29 is 9.13 Å². The highest BCUT2D eigenvalue weighted by molar-refractivity contribution is 5.42. The summed E-state index contributed by atoms with van der Waals surface area (Å²) in [6.07, 6.45) is 2.35. The Hall–Kier alpha value is -1.13. The van der Waals surface area contributed by atoms with Gasteiger partial charge in [0, 0.05) is 25.8 Å². The minimum atomic E-state index is -0.272. The van der Waals surface area contributed by atoms with Gasteiger partial charge in [-0.05, 0) is 31.4 Å². The van der Waals surface area contributed by atoms with Crippen LogP contribution in [-0.4, -0.2) is 31.7 Å². The average molecular weight is 252 g/mol. The maximum Gasteiger partial charge on any atom is 0.150 e. The van der Waals surface area contributed by atoms with Gasteiger partial charge in [-0.2, -0.15) is 0 Å². The number of halogens is 1. The summed E-state index contributed by atoms with van der Waals surface area (Å²) in [7, 11) is 1.73. The minimum Gasteiger partial charge on any atom is -0.396 e. The van der Waals surface area contributed by atoms with Gasteiger partial charge in [0.05, 0.1) is 12.3 Å². The number of methoxy groups -OCH3 is 1. The number of ether oxygens (including phenoxy) is 1. The van der Waals surface area contributed by atoms with Gasteiger partial charge >= 0.3 is 0 Å². The first-order valence-corrected chi connectivity index (χ1v) is 6.45. The van der Waals surface area contributed by atoms with Crippen molar-refractivity contribution in [2.45, 2.75) is 19.4 Å². The summed E-state index contributed by atoms with van der Waals surface area (Å²) < 4.78 is 19.0. The third-order valence-corrected chi connectivity index (χ3v) is 3.51. The molecule has 1 atom stereocenters. The third-order valence-electron chi connectivity index (χ3n) is 3.51. The zero-order valence-electron chi connectivity index (χ0n) is 10.9. The fourth-order valence-electron chi connectivity index (χ4n) is 2.63. The molecule has 0 saturated carbocycles. The van der Waals surface area contributed by atoms with Crippen LogP contribution in [0.3, 0.4) is 0 Å². The smallest absolute Gasteiger partial charge is 0.150 e. The number of nitrogens with two attached hydrogens (primary N) is 1. The number of hydrogen-bond acceptors (Lipinski definition) is 3. The van der Waals surface area contributed by atoms with Crippen molar-refractivity contribution in [3.63, 3.8) is 0 Å². The Morgan fingerprint density at radius 3 is 3.11 bits per heavy atom. The van der Waals surface area contributed by atoms with Gasteiger partial charge in [0.25, 0.3) is 0 Å². The quantitative estimate of drug-likeness (QED) is 0.835. The van der Waals surface area contributed by atoms with Crippen LogP contribution >= 0.6 is 0 Å². The fourth-order valence-corrected chi connectivity index (χ4v) is 2.63. The van der Waals surface area contributed by atoms with Gasteiger partial charge in [-0.25, -0.2) is 4.39 Å². The zero-order valence-corrected chi connectivity index (χ0v) is 10.9. The van der Waals surface area contributed by atoms with Crippen molar-refractivity contribution in [1.29, 1.82) is 0 Å². The number of rotatable bonds is 4. The lowest BCUT2D eigenvalue weighted by atomic mass is 9.98. The van der Waals surface area contributed by atoms with E-state index in [1.165, 1.54) is 6.42 Å². The minimum absolute atomic E-state index is 0.234. The Balaban J connectivity index is 1.98. The molecule has 0 spiro atoms. The van der Waals surface area contributed by atoms with E-state index in [4.69, 9.17) is 10.5 Å². The second kappa shape index (κ2) is 6.16. The Morgan fingerprint density at radius 2 is 2.33 bits per heavy atom. The van der Waals surface area contributed by atoms with E-state index < -0.39 is 0 Å². The van der Waals surface area contributed by atoms with Crippen LogP contribution in [0.2, 0.25) is 0 Å². The lowest BCUT2D eigenvalue weighted by Crippen LogP contribution is -2.36. The standard InChI is InChI=1S/C14H21FN2O/c1-18-10-11-4-3-7-17(8-11)9-12-5-2-6-13(16)14(12)15/h2,5-6,11H,3-4,7-10,16H2,1H3. The fraction of sp³-hybridized carbons (Fsp3) is 0.571. The molecule has 0 amide bonds. The summed E-state index contributed by atoms with van der Waals surface area (Å²) in [4.78, 5) is 2.28. The van der Waals surface area contributed by atoms with Gasteiger partial charge < -0.3 is 10.5 Å². The SMILES string of the molecule is COCC1CCCN(Cc2cccc(N)c2F)C1. The number of benzene rings is 1. The van der Waals surface area contributed by atoms with Crippen LogP contribution in [0.1, 0.15) is 18.4 Å². The second-order valence-electron chi connectivity index (χ2n) is 5.02. The van der Waals surface area contributed by atoms with Crippen LogP contribution in [-0.2, 0) is 11.3 Å². The van der Waals surface area contributed by atoms with Crippen molar-refractivity contribution >= 4 is 5.69 Å². The van der Waals surface area contributed by atoms with E-state index in [0.717, 1.165) is 26.1 Å². The molecular formula is C14H21FN2O. The summed E-state index contributed by atoms with van der Waals surface area (Å²) in [5, 5.41) is 0. The predicted octanol–water partition coefficient (Wildman–Crippen LogP) is 2.27. The van der Waals surface area contributed by atoms with E-state index in [1.807, 2.05) is 12.1 Å². The molecular weight excluding hydrogens is 231 g/mol. The van der Waals surface area contributed by atoms with Crippen molar-refractivity contribution in [2.75, 3.05) is 32.5 Å². The Kier molecular flexibility index (Phi) is 4.55. The summed E-state index contributed by atoms with van der Waals surface area (Å²) in [6, 6.07) is 5.22. The first kappa shape index (κ1) is 13.3. The van der Waals surface area contributed by atoms with Crippen LogP contribution in [0.5, 0.6) is 0 Å². The van der Waals surface area contributed by atoms with E-state index in [0.29, 0.717) is 18.0 Å². The molecule has 0 radical (unpaired) electrons. The Morgan fingerprint density at radius 1 is 1.50 bits per heavy atom. The molecule has 0 bridgehead atoms. The molecule has 3 nitrogen and oxygen atoms in total. The molecule has 18 heavy (non-hydrogen) atoms. The average Bonchev–Trinajstić information content (AvgIpc) is 2.36. The van der Waals surface area contributed by atoms with Crippen molar-refractivity contribution in [2.24, 2.45) is 5.92 Å². The van der Waals surface area contributed by atoms with Gasteiger partial charge in [0.15, 0.2) is 5.82 Å². The van der Waals surface area contributed by atoms with Gasteiger partial charge in [-0.3, -0.25) is 4.90 Å². The van der Waals surface area contributed by atoms with Gasteiger partial charge in [0.1, 0.15) is 0 Å². The van der Waals surface area contributed by atoms with E-state index in [-0.39, 0.29) is 11.5 Å². The highest BCUT2D eigenvalue weighted by atomic mass is 19.1. The molecule has 0 aromatic heterocycles. The monoisotopic (exact) mass is 252 g/mol. The van der Waals surface area contributed by atoms with E-state index in [2.05, 4.69) is 4.90 Å². The van der Waals surface area contributed by atoms with E-state index in [1.54, 1.807) is 13.2 Å². The maximum absolute atomic E-state index is 13.8. The summed E-state index contributed by atoms with van der Waals surface area (Å²) in [6.45, 7) is 3.42. The molecule has 1 aromatic carbocycles. The number of nitrogens with zero attached hydrogens (tertiary/aromatic N) is 1. The lowest BCUT2D eigenvalue weighted by Gasteiger charge is -2.32. The lowest BCUT2D eigenvalue weighted by molar-refractivity contribution is 0.0869. The number of nitrogen functional groups attached to an aromatic ring is 1. The highest BCUT2D eigenvalue weighted by Gasteiger charge is 2.20. The van der Waals surface area contributed by atoms with Gasteiger partial charge in [-0.15, -0.1) is 0 Å². The molecule has 1 fully saturated rings. The maximum atomic E-state index is 13.8. The first-order chi connectivity index (χ1) is 8.70. The molecule has 0 aliphatic carbocycles. The normalized spacial score (nSPS) is 21.1. The second-order valence-corrected chi connectivity index (χ2v) is 5.02. The molecule has 1 unspecified atom stereocenters. The van der Waals surface area contributed by atoms with Gasteiger partial charge in [0.2, 0.25) is 0 Å². The first-order valence-electron chi connectivity index (χ1n) is 6.45. The molecule has 1 heterocycles. The molecule has 1 saturated heterocycles. The predicted molar refractivity (Wildman–Crippen MR) is 70.7 cm³/mol. The number of piperidine rings is 1. The molecule has 1 aliphatic rings. The van der Waals surface area contributed by atoms with Gasteiger partial charge in [-0.1, -0.05) is 12.1 Å². The van der Waals surface area contributed by atoms with Crippen LogP contribution in [0.4, 0.5) is 10.1 Å². The van der Waals surface area contributed by atoms with Crippen LogP contribution in [0.15, 0.2) is 18.2 Å². The van der Waals surface area contributed by atoms with Crippen molar-refractivity contribution in [3.8, 4) is 0 Å². The number of hydrogen-bond donors (Lipinski definition) is 1. The molecule has 100 valence electrons. The molecule has 1 aliphatic heterocycles. The van der Waals surface area contributed by atoms with Crippen molar-refractivity contribution in [3.05, 3.63) is 29.6 Å². The Bertz CT molecular complexity index is 395. The zero-order chi connectivity index (χ0) is 13.0. The largest absolute Gasteiger partial charge is 0.396 e. The number of anilines is 1. The molecule has 2 rings (SSSR count). The summed E-state index contributed by atoms with van der Waals surface area (Å²) in [5.41, 5.74) is 6.51. The van der Waals surface area contributed by atoms with E-state index in [9.17, 15) is 4.39 Å². The summed E-state index contributed by atoms with van der Waals surface area (Å²) >= 11 is 0. The molecule has 4 heteroatoms. The van der Waals surface area contributed by atoms with Crippen molar-refractivity contribution in [1.82, 2.24) is 4.90 Å². The molecule has 1 aromatic rings. The number of likely N-dealkylation sites (tertiary alicyclic amines) is 1. The van der Waals surface area contributed by atoms with Crippen LogP contribution in [0, 0.1) is 11.7 Å². The van der Waals surface area contributed by atoms with E-state index >= 15 is 0 Å². The Labute approximate surface area is 108 Å². The van der Waals surface area contributed by atoms with Crippen LogP contribution < -0.4 is 5.73 Å². The topological polar surface area (TPSA) is 38.5 Å². The van der Waals surface area contributed by atoms with Crippen LogP contribution in [0.25, 0.3) is 0 Å². The molecule has 2 N–H and O–H groups in total.